The van der Waals surface area contributed by atoms with Crippen LogP contribution in [-0.4, -0.2) is 99.4 Å². The van der Waals surface area contributed by atoms with Gasteiger partial charge in [0.05, 0.1) is 17.3 Å². The Bertz CT molecular complexity index is 2280. The van der Waals surface area contributed by atoms with Gasteiger partial charge in [0, 0.05) is 23.1 Å². The highest BCUT2D eigenvalue weighted by atomic mass is 32.2. The number of alkyl halides is 3. The summed E-state index contributed by atoms with van der Waals surface area (Å²) in [5.41, 5.74) is -4.11. The molecule has 2 aliphatic heterocycles. The molecule has 0 radical (unpaired) electrons. The van der Waals surface area contributed by atoms with Crippen LogP contribution >= 0.6 is 0 Å². The summed E-state index contributed by atoms with van der Waals surface area (Å²) in [6.45, 7) is 4.46. The predicted molar refractivity (Wildman–Crippen MR) is 208 cm³/mol. The average molecular weight is 828 g/mol. The second-order valence-electron chi connectivity index (χ2n) is 16.9. The first-order valence-electron chi connectivity index (χ1n) is 19.6. The third-order valence-electron chi connectivity index (χ3n) is 12.2. The number of nitrogens with zero attached hydrogens (tertiary/aromatic N) is 3. The van der Waals surface area contributed by atoms with Crippen molar-refractivity contribution in [3.8, 4) is 5.88 Å². The largest absolute Gasteiger partial charge is 0.472 e. The molecule has 0 unspecified atom stereocenters. The number of fused-ring (bicyclic) bond motifs is 5. The smallest absolute Gasteiger partial charge is 0.411 e. The van der Waals surface area contributed by atoms with Crippen LogP contribution in [-0.2, 0) is 24.4 Å². The lowest BCUT2D eigenvalue weighted by atomic mass is 9.85. The van der Waals surface area contributed by atoms with Gasteiger partial charge in [-0.05, 0) is 81.7 Å². The Morgan fingerprint density at radius 3 is 2.31 bits per heavy atom. The number of ether oxygens (including phenoxy) is 1. The predicted octanol–water partition coefficient (Wildman–Crippen LogP) is 5.92. The highest BCUT2D eigenvalue weighted by Crippen LogP contribution is 2.47. The number of halogens is 3. The molecule has 312 valence electrons. The fourth-order valence-electron chi connectivity index (χ4n) is 8.61. The number of nitrogens with one attached hydrogen (secondary N) is 2. The molecule has 0 spiro atoms. The summed E-state index contributed by atoms with van der Waals surface area (Å²) in [5, 5.41) is 14.8. The van der Waals surface area contributed by atoms with Gasteiger partial charge in [0.15, 0.2) is 0 Å². The van der Waals surface area contributed by atoms with Crippen LogP contribution in [0.25, 0.3) is 21.7 Å². The van der Waals surface area contributed by atoms with E-state index < -0.39 is 86.4 Å². The highest BCUT2D eigenvalue weighted by Gasteiger charge is 2.63. The summed E-state index contributed by atoms with van der Waals surface area (Å²) < 4.78 is 78.6. The van der Waals surface area contributed by atoms with Crippen molar-refractivity contribution in [3.05, 3.63) is 60.7 Å². The van der Waals surface area contributed by atoms with Gasteiger partial charge in [0.1, 0.15) is 29.3 Å². The Kier molecular flexibility index (Phi) is 10.7. The van der Waals surface area contributed by atoms with Gasteiger partial charge in [-0.1, -0.05) is 62.4 Å². The van der Waals surface area contributed by atoms with Gasteiger partial charge in [-0.3, -0.25) is 24.0 Å². The average Bonchev–Trinajstić information content (AvgIpc) is 4.08. The summed E-state index contributed by atoms with van der Waals surface area (Å²) in [6, 6.07) is 11.4. The summed E-state index contributed by atoms with van der Waals surface area (Å²) >= 11 is 0. The summed E-state index contributed by atoms with van der Waals surface area (Å²) in [7, 11) is -4.02. The van der Waals surface area contributed by atoms with Gasteiger partial charge in [0.25, 0.3) is 5.91 Å². The van der Waals surface area contributed by atoms with Crippen LogP contribution in [0, 0.1) is 17.8 Å². The number of sulfonamides is 1. The quantitative estimate of drug-likeness (QED) is 0.193. The Morgan fingerprint density at radius 1 is 1.00 bits per heavy atom. The number of pyridine rings is 1. The molecule has 2 aromatic carbocycles. The van der Waals surface area contributed by atoms with E-state index in [-0.39, 0.29) is 42.5 Å². The molecule has 4 amide bonds. The van der Waals surface area contributed by atoms with Gasteiger partial charge in [-0.25, -0.2) is 18.2 Å². The zero-order valence-corrected chi connectivity index (χ0v) is 33.5. The summed E-state index contributed by atoms with van der Waals surface area (Å²) in [4.78, 5) is 62.3. The standard InChI is InChI=1S/C41H48F3N5O8S/c1-23-11-5-6-12-25-21-40(25,37(52)47-58(55,56)27-17-18-27)46-34(50)32-20-26(57-35-30-15-8-7-13-28(30)29-14-9-10-16-31(29)45-35)22-48(32)36(51)33(24(2)19-23)49(38(53)54)39(3,4)41(42,43)44/h6-10,12-16,23-27,32-33H,5,11,17-22H2,1-4H3,(H,46,50)(H,47,52)(H,53,54)/b12-6-/t23-,24-,25-,26-,32+,33+,40-/m1/s1. The molecule has 7 rings (SSSR count). The lowest BCUT2D eigenvalue weighted by Gasteiger charge is -2.45. The minimum absolute atomic E-state index is 0.0661. The minimum atomic E-state index is -5.09. The van der Waals surface area contributed by atoms with Gasteiger partial charge >= 0.3 is 12.3 Å². The minimum Gasteiger partial charge on any atom is -0.472 e. The molecule has 2 saturated carbocycles. The van der Waals surface area contributed by atoms with Crippen molar-refractivity contribution < 1.29 is 50.6 Å². The molecule has 3 aromatic rings. The molecule has 7 atom stereocenters. The lowest BCUT2D eigenvalue weighted by Crippen LogP contribution is -2.66. The Hall–Kier alpha value is -4.93. The first-order valence-corrected chi connectivity index (χ1v) is 21.2. The molecule has 1 aromatic heterocycles. The molecular formula is C41H48F3N5O8S. The number of hydrogen-bond acceptors (Lipinski definition) is 8. The molecule has 58 heavy (non-hydrogen) atoms. The van der Waals surface area contributed by atoms with Crippen molar-refractivity contribution in [2.24, 2.45) is 17.8 Å². The normalized spacial score (nSPS) is 29.1. The lowest BCUT2D eigenvalue weighted by molar-refractivity contribution is -0.222. The highest BCUT2D eigenvalue weighted by molar-refractivity contribution is 7.91. The van der Waals surface area contributed by atoms with Crippen molar-refractivity contribution >= 4 is 55.5 Å². The summed E-state index contributed by atoms with van der Waals surface area (Å²) in [6.07, 6.45) is -2.64. The Balaban J connectivity index is 1.31. The van der Waals surface area contributed by atoms with Crippen LogP contribution < -0.4 is 14.8 Å². The van der Waals surface area contributed by atoms with Crippen LogP contribution in [0.2, 0.25) is 0 Å². The molecule has 0 bridgehead atoms. The zero-order chi connectivity index (χ0) is 41.9. The van der Waals surface area contributed by atoms with Gasteiger partial charge in [-0.2, -0.15) is 13.2 Å². The summed E-state index contributed by atoms with van der Waals surface area (Å²) in [5.74, 6) is -4.34. The molecule has 1 saturated heterocycles. The van der Waals surface area contributed by atoms with Crippen molar-refractivity contribution in [1.29, 1.82) is 0 Å². The van der Waals surface area contributed by atoms with E-state index in [1.54, 1.807) is 24.3 Å². The van der Waals surface area contributed by atoms with Gasteiger partial charge in [-0.15, -0.1) is 0 Å². The van der Waals surface area contributed by atoms with E-state index in [9.17, 15) is 41.1 Å². The fourth-order valence-corrected chi connectivity index (χ4v) is 9.97. The number of aromatic nitrogens is 1. The molecule has 17 heteroatoms. The maximum absolute atomic E-state index is 15.0. The van der Waals surface area contributed by atoms with Crippen LogP contribution in [0.1, 0.15) is 72.6 Å². The number of carboxylic acid groups (broad SMARTS) is 1. The monoisotopic (exact) mass is 827 g/mol. The molecule has 4 aliphatic rings. The first-order chi connectivity index (χ1) is 27.2. The molecule has 2 aliphatic carbocycles. The maximum atomic E-state index is 15.0. The van der Waals surface area contributed by atoms with Crippen LogP contribution in [0.3, 0.4) is 0 Å². The van der Waals surface area contributed by atoms with Crippen LogP contribution in [0.5, 0.6) is 5.88 Å². The van der Waals surface area contributed by atoms with Crippen molar-refractivity contribution in [1.82, 2.24) is 24.8 Å². The van der Waals surface area contributed by atoms with E-state index >= 15 is 4.79 Å². The zero-order valence-electron chi connectivity index (χ0n) is 32.7. The molecule has 3 fully saturated rings. The van der Waals surface area contributed by atoms with E-state index in [1.165, 1.54) is 6.92 Å². The van der Waals surface area contributed by atoms with Crippen LogP contribution in [0.4, 0.5) is 18.0 Å². The molecular weight excluding hydrogens is 780 g/mol. The third-order valence-corrected chi connectivity index (χ3v) is 14.0. The van der Waals surface area contributed by atoms with Crippen LogP contribution in [0.15, 0.2) is 60.7 Å². The van der Waals surface area contributed by atoms with Crippen molar-refractivity contribution in [3.63, 3.8) is 0 Å². The molecule has 3 heterocycles. The van der Waals surface area contributed by atoms with Gasteiger partial charge < -0.3 is 20.1 Å². The van der Waals surface area contributed by atoms with E-state index in [0.29, 0.717) is 50.4 Å². The molecule has 13 nitrogen and oxygen atoms in total. The van der Waals surface area contributed by atoms with E-state index in [2.05, 4.69) is 10.0 Å². The Labute approximate surface area is 334 Å². The number of carbonyl (C=O) groups is 4. The number of hydrogen-bond donors (Lipinski definition) is 3. The molecule has 3 N–H and O–H groups in total. The number of rotatable bonds is 7. The van der Waals surface area contributed by atoms with Crippen molar-refractivity contribution in [2.45, 2.75) is 113 Å². The van der Waals surface area contributed by atoms with E-state index in [1.807, 2.05) is 43.3 Å². The maximum Gasteiger partial charge on any atom is 0.411 e. The Morgan fingerprint density at radius 2 is 1.66 bits per heavy atom. The number of benzene rings is 2. The number of amides is 4. The second kappa shape index (κ2) is 15.0. The van der Waals surface area contributed by atoms with E-state index in [0.717, 1.165) is 15.7 Å². The first kappa shape index (κ1) is 41.2. The second-order valence-corrected chi connectivity index (χ2v) is 18.8. The topological polar surface area (TPSA) is 175 Å². The SMILES string of the molecule is C[C@@H]1CC/C=C\[C@@H]2C[C@@]2(C(=O)NS(=O)(=O)C2CC2)NC(=O)[C@@H]2C[C@@H](Oc3nc4ccccc4c4ccccc34)CN2C(=O)[C@@H](N(C(=O)O)C(C)(C)C(F)(F)F)[C@H](C)C1. The third kappa shape index (κ3) is 7.69. The number of allylic oxidation sites excluding steroid dienone is 1. The van der Waals surface area contributed by atoms with E-state index in [4.69, 9.17) is 9.72 Å². The fraction of sp³-hybridized carbons (Fsp3) is 0.537. The van der Waals surface area contributed by atoms with Crippen molar-refractivity contribution in [2.75, 3.05) is 6.54 Å². The number of carbonyl (C=O) groups excluding carboxylic acids is 3. The number of para-hydroxylation sites is 1. The van der Waals surface area contributed by atoms with Gasteiger partial charge in [0.2, 0.25) is 27.7 Å².